The number of esters is 3. The summed E-state index contributed by atoms with van der Waals surface area (Å²) < 4.78 is 52.5. The molecule has 4 N–H and O–H groups in total. The van der Waals surface area contributed by atoms with E-state index in [9.17, 15) is 39.6 Å². The zero-order valence-corrected chi connectivity index (χ0v) is 52.6. The lowest BCUT2D eigenvalue weighted by atomic mass is 9.77. The van der Waals surface area contributed by atoms with Crippen molar-refractivity contribution in [2.24, 2.45) is 17.8 Å². The molecule has 1 aromatic heterocycles. The minimum absolute atomic E-state index is 0.0329. The molecule has 5 aliphatic rings. The quantitative estimate of drug-likeness (QED) is 0.119. The largest absolute Gasteiger partial charge is 0.462 e. The Balaban J connectivity index is 1.03. The zero-order chi connectivity index (χ0) is 61.7. The highest BCUT2D eigenvalue weighted by Crippen LogP contribution is 2.41. The molecule has 0 amide bonds. The van der Waals surface area contributed by atoms with Crippen LogP contribution in [0.1, 0.15) is 136 Å². The van der Waals surface area contributed by atoms with Crippen molar-refractivity contribution in [3.05, 3.63) is 45.2 Å². The smallest absolute Gasteiger partial charge is 0.343 e. The van der Waals surface area contributed by atoms with Gasteiger partial charge in [0.05, 0.1) is 61.0 Å². The lowest BCUT2D eigenvalue weighted by molar-refractivity contribution is -0.318. The highest BCUT2D eigenvalue weighted by Gasteiger charge is 2.54. The molecule has 84 heavy (non-hydrogen) atoms. The average molecular weight is 1180 g/mol. The summed E-state index contributed by atoms with van der Waals surface area (Å²) in [5.41, 5.74) is -2.31. The van der Waals surface area contributed by atoms with E-state index in [0.717, 1.165) is 55.7 Å². The first-order chi connectivity index (χ1) is 39.5. The van der Waals surface area contributed by atoms with E-state index in [1.807, 2.05) is 69.3 Å². The van der Waals surface area contributed by atoms with Gasteiger partial charge in [0, 0.05) is 94.5 Å². The first-order valence-electron chi connectivity index (χ1n) is 30.6. The van der Waals surface area contributed by atoms with Crippen LogP contribution in [0.3, 0.4) is 0 Å². The molecule has 1 unspecified atom stereocenters. The van der Waals surface area contributed by atoms with Crippen LogP contribution < -0.4 is 5.43 Å². The summed E-state index contributed by atoms with van der Waals surface area (Å²) in [7, 11) is 7.13. The van der Waals surface area contributed by atoms with Gasteiger partial charge in [-0.05, 0) is 132 Å². The first kappa shape index (κ1) is 67.4. The lowest BCUT2D eigenvalue weighted by Crippen LogP contribution is -2.61. The number of aromatic nitrogens is 1. The number of ether oxygens (including phenoxy) is 8. The van der Waals surface area contributed by atoms with E-state index in [1.54, 1.807) is 53.8 Å². The van der Waals surface area contributed by atoms with E-state index < -0.39 is 108 Å². The Bertz CT molecular complexity index is 2700. The lowest BCUT2D eigenvalue weighted by Gasteiger charge is -2.49. The monoisotopic (exact) mass is 1180 g/mol. The second-order valence-electron chi connectivity index (χ2n) is 25.7. The highest BCUT2D eigenvalue weighted by molar-refractivity contribution is 5.95. The maximum Gasteiger partial charge on any atom is 0.343 e. The van der Waals surface area contributed by atoms with Gasteiger partial charge in [-0.15, -0.1) is 0 Å². The predicted octanol–water partition coefficient (Wildman–Crippen LogP) is 3.95. The normalized spacial score (nSPS) is 37.1. The van der Waals surface area contributed by atoms with Crippen molar-refractivity contribution in [1.82, 2.24) is 24.2 Å². The Kier molecular flexibility index (Phi) is 22.8. The third-order valence-electron chi connectivity index (χ3n) is 18.6. The van der Waals surface area contributed by atoms with Crippen molar-refractivity contribution >= 4 is 28.8 Å². The van der Waals surface area contributed by atoms with Crippen LogP contribution in [0, 0.1) is 29.6 Å². The van der Waals surface area contributed by atoms with Gasteiger partial charge < -0.3 is 77.6 Å². The summed E-state index contributed by atoms with van der Waals surface area (Å²) in [5, 5.41) is 48.8. The Labute approximate surface area is 497 Å². The van der Waals surface area contributed by atoms with Crippen LogP contribution in [0.15, 0.2) is 23.1 Å². The van der Waals surface area contributed by atoms with Gasteiger partial charge in [-0.3, -0.25) is 19.3 Å². The third-order valence-corrected chi connectivity index (χ3v) is 18.6. The van der Waals surface area contributed by atoms with Gasteiger partial charge in [0.2, 0.25) is 5.43 Å². The van der Waals surface area contributed by atoms with Gasteiger partial charge in [-0.25, -0.2) is 4.79 Å². The van der Waals surface area contributed by atoms with Crippen molar-refractivity contribution in [3.63, 3.8) is 0 Å². The number of nitrogens with zero attached hydrogens (tertiary/aromatic N) is 5. The van der Waals surface area contributed by atoms with Crippen molar-refractivity contribution < 1.29 is 72.7 Å². The number of aliphatic hydroxyl groups is 4. The molecule has 4 fully saturated rings. The van der Waals surface area contributed by atoms with Crippen LogP contribution in [0.2, 0.25) is 0 Å². The van der Waals surface area contributed by atoms with Gasteiger partial charge in [0.15, 0.2) is 18.7 Å². The molecule has 21 heteroatoms. The number of aliphatic hydroxyl groups excluding tert-OH is 2. The highest BCUT2D eigenvalue weighted by atomic mass is 16.7. The van der Waals surface area contributed by atoms with Gasteiger partial charge in [0.25, 0.3) is 0 Å². The topological polar surface area (TPSA) is 241 Å². The second kappa shape index (κ2) is 28.4. The van der Waals surface area contributed by atoms with E-state index in [2.05, 4.69) is 21.6 Å². The molecule has 0 radical (unpaired) electrons. The molecule has 18 atom stereocenters. The molecule has 472 valence electrons. The predicted molar refractivity (Wildman–Crippen MR) is 315 cm³/mol. The van der Waals surface area contributed by atoms with Crippen LogP contribution in [0.25, 0.3) is 10.9 Å². The third kappa shape index (κ3) is 15.4. The van der Waals surface area contributed by atoms with Crippen molar-refractivity contribution in [2.45, 2.75) is 218 Å². The zero-order valence-electron chi connectivity index (χ0n) is 52.6. The molecule has 2 aromatic rings. The standard InChI is InChI=1S/C63H99N5O16/c1-16-48-63(11,76)55(72)41(7)65(14)35-37(3)33-61(9,75)56(84-60-53(71)47(64(12)13)30-38(4)79-60)39(5)54(40(6)58(73)81-48)83-50-34-62(10,77-15)57(42(8)80-50)82-49(69)22-25-67-28-26-66(27-29-67)23-18-20-43-31-44-21-19-24-68-36-46(59(74)78-17-2)52(70)45(32-43)51(44)68/h31-32,36-42,47-48,50,53-57,60,71-72,75-76H,16-17,19,21-30,33-35H2,1-15H3/t37-,38-,39+,40-,41-,42+,47+,48-,50?,53-,54+,55-,56-,57+,60+,61-,62+,63-/m1/s1. The number of cyclic esters (lactones) is 1. The molecule has 0 spiro atoms. The van der Waals surface area contributed by atoms with Gasteiger partial charge >= 0.3 is 17.9 Å². The number of aryl methyl sites for hydroxylation is 2. The number of pyridine rings is 1. The number of hydrogen-bond donors (Lipinski definition) is 4. The second-order valence-corrected chi connectivity index (χ2v) is 25.7. The molecule has 0 aliphatic carbocycles. The van der Waals surface area contributed by atoms with Crippen molar-refractivity contribution in [1.29, 1.82) is 0 Å². The summed E-state index contributed by atoms with van der Waals surface area (Å²) >= 11 is 0. The fourth-order valence-corrected chi connectivity index (χ4v) is 13.7. The molecule has 21 nitrogen and oxygen atoms in total. The molecule has 5 aliphatic heterocycles. The fraction of sp³-hybridized carbons (Fsp3) is 0.778. The number of hydrogen-bond acceptors (Lipinski definition) is 20. The van der Waals surface area contributed by atoms with Crippen LogP contribution in [-0.4, -0.2) is 233 Å². The molecule has 0 bridgehead atoms. The van der Waals surface area contributed by atoms with Gasteiger partial charge in [-0.2, -0.15) is 0 Å². The van der Waals surface area contributed by atoms with E-state index in [1.165, 1.54) is 14.0 Å². The Morgan fingerprint density at radius 2 is 1.60 bits per heavy atom. The molecule has 7 rings (SSSR count). The fourth-order valence-electron chi connectivity index (χ4n) is 13.7. The average Bonchev–Trinajstić information content (AvgIpc) is 3.01. The van der Waals surface area contributed by atoms with Crippen molar-refractivity contribution in [2.75, 3.05) is 80.7 Å². The van der Waals surface area contributed by atoms with E-state index >= 15 is 0 Å². The number of benzene rings is 1. The molecular weight excluding hydrogens is 1080 g/mol. The van der Waals surface area contributed by atoms with Crippen LogP contribution >= 0.6 is 0 Å². The minimum Gasteiger partial charge on any atom is -0.462 e. The number of carbonyl (C=O) groups is 3. The van der Waals surface area contributed by atoms with E-state index in [-0.39, 0.29) is 61.3 Å². The first-order valence-corrected chi connectivity index (χ1v) is 30.6. The Hall–Kier alpha value is -4.12. The molecule has 1 aromatic carbocycles. The Morgan fingerprint density at radius 3 is 2.25 bits per heavy atom. The summed E-state index contributed by atoms with van der Waals surface area (Å²) in [6, 6.07) is 2.93. The number of rotatable bonds is 14. The maximum atomic E-state index is 14.7. The molecule has 0 saturated carbocycles. The minimum atomic E-state index is -1.86. The number of carbonyl (C=O) groups excluding carboxylic acids is 3. The number of methoxy groups -OCH3 is 1. The summed E-state index contributed by atoms with van der Waals surface area (Å²) in [6.07, 6.45) is -5.46. The van der Waals surface area contributed by atoms with E-state index in [0.29, 0.717) is 38.0 Å². The summed E-state index contributed by atoms with van der Waals surface area (Å²) in [6.45, 7) is 24.6. The SMILES string of the molecule is CCOC(=O)c1cn2c3c(cc(C#CCN4CCN(CCC(=O)O[C@H]5[C@H](C)OC(O[C@H]6[C@H](C)[C@@H](O[C@@H]7O[C@H](C)C[C@H](N(C)C)[C@H]7O)[C@](C)(O)C[C@@H](C)CN(C)[C@H](C)[C@@H](O)[C@](C)(O)[C@@H](CC)OC(=O)[C@@H]6C)C[C@]5(C)OC)CC4)cc3c1=O)CCC2. The van der Waals surface area contributed by atoms with Crippen LogP contribution in [0.4, 0.5) is 0 Å². The molecular formula is C63H99N5O16. The summed E-state index contributed by atoms with van der Waals surface area (Å²) in [5.74, 6) is 2.69. The van der Waals surface area contributed by atoms with E-state index in [4.69, 9.17) is 37.9 Å². The molecule has 6 heterocycles. The molecule has 4 saturated heterocycles. The van der Waals surface area contributed by atoms with Crippen LogP contribution in [0.5, 0.6) is 0 Å². The van der Waals surface area contributed by atoms with Gasteiger partial charge in [0.1, 0.15) is 35.1 Å². The maximum absolute atomic E-state index is 14.7. The van der Waals surface area contributed by atoms with Crippen molar-refractivity contribution in [3.8, 4) is 11.8 Å². The number of piperazine rings is 1. The van der Waals surface area contributed by atoms with Crippen LogP contribution in [-0.2, 0) is 60.4 Å². The number of likely N-dealkylation sites (N-methyl/N-ethyl adjacent to an activating group) is 2. The summed E-state index contributed by atoms with van der Waals surface area (Å²) in [4.78, 5) is 62.9. The van der Waals surface area contributed by atoms with Gasteiger partial charge in [-0.1, -0.05) is 32.6 Å². The Morgan fingerprint density at radius 1 is 0.905 bits per heavy atom.